The number of nitrogens with zero attached hydrogens (tertiary/aromatic N) is 1. The minimum atomic E-state index is -1.20. The normalized spacial score (nSPS) is 34.2. The van der Waals surface area contributed by atoms with E-state index in [1.54, 1.807) is 6.92 Å². The largest absolute Gasteiger partial charge is 0.433 e. The third kappa shape index (κ3) is 3.45. The number of aliphatic hydroxyl groups is 1. The number of hydrogen-bond donors (Lipinski definition) is 1. The summed E-state index contributed by atoms with van der Waals surface area (Å²) in [4.78, 5) is 13.8. The number of likely N-dealkylation sites (tertiary alicyclic amines) is 1. The lowest BCUT2D eigenvalue weighted by atomic mass is 9.88. The van der Waals surface area contributed by atoms with Crippen molar-refractivity contribution in [2.45, 2.75) is 70.1 Å². The SMILES string of the molecule is CCC(=O)OC1(O)CCC(N2CCCCC2)CC1. The molecule has 0 unspecified atom stereocenters. The first-order chi connectivity index (χ1) is 8.63. The van der Waals surface area contributed by atoms with Crippen LogP contribution in [0.2, 0.25) is 0 Å². The molecule has 4 heteroatoms. The zero-order valence-electron chi connectivity index (χ0n) is 11.4. The molecule has 0 aromatic carbocycles. The molecule has 0 bridgehead atoms. The van der Waals surface area contributed by atoms with Gasteiger partial charge in [0.2, 0.25) is 5.79 Å². The number of piperidine rings is 1. The highest BCUT2D eigenvalue weighted by Gasteiger charge is 2.38. The predicted molar refractivity (Wildman–Crippen MR) is 69.0 cm³/mol. The molecule has 0 aromatic heterocycles. The summed E-state index contributed by atoms with van der Waals surface area (Å²) >= 11 is 0. The molecule has 1 N–H and O–H groups in total. The van der Waals surface area contributed by atoms with Crippen molar-refractivity contribution in [3.8, 4) is 0 Å². The van der Waals surface area contributed by atoms with E-state index in [1.807, 2.05) is 0 Å². The maximum absolute atomic E-state index is 11.3. The monoisotopic (exact) mass is 255 g/mol. The average molecular weight is 255 g/mol. The Kier molecular flexibility index (Phi) is 4.62. The number of ether oxygens (including phenoxy) is 1. The van der Waals surface area contributed by atoms with Crippen LogP contribution in [0.1, 0.15) is 58.3 Å². The molecule has 2 fully saturated rings. The number of hydrogen-bond acceptors (Lipinski definition) is 4. The Morgan fingerprint density at radius 3 is 2.44 bits per heavy atom. The van der Waals surface area contributed by atoms with Crippen LogP contribution < -0.4 is 0 Å². The Morgan fingerprint density at radius 2 is 1.89 bits per heavy atom. The highest BCUT2D eigenvalue weighted by molar-refractivity contribution is 5.69. The fourth-order valence-electron chi connectivity index (χ4n) is 3.09. The van der Waals surface area contributed by atoms with Gasteiger partial charge in [-0.25, -0.2) is 0 Å². The van der Waals surface area contributed by atoms with Gasteiger partial charge >= 0.3 is 5.97 Å². The van der Waals surface area contributed by atoms with E-state index in [1.165, 1.54) is 32.4 Å². The van der Waals surface area contributed by atoms with Crippen LogP contribution in [0.15, 0.2) is 0 Å². The smallest absolute Gasteiger partial charge is 0.308 e. The van der Waals surface area contributed by atoms with E-state index in [0.29, 0.717) is 25.3 Å². The summed E-state index contributed by atoms with van der Waals surface area (Å²) in [5, 5.41) is 10.2. The van der Waals surface area contributed by atoms with Crippen LogP contribution in [0.25, 0.3) is 0 Å². The van der Waals surface area contributed by atoms with E-state index in [0.717, 1.165) is 12.8 Å². The van der Waals surface area contributed by atoms with Crippen molar-refractivity contribution in [2.24, 2.45) is 0 Å². The quantitative estimate of drug-likeness (QED) is 0.619. The summed E-state index contributed by atoms with van der Waals surface area (Å²) in [5.41, 5.74) is 0. The lowest BCUT2D eigenvalue weighted by Gasteiger charge is -2.41. The number of carbonyl (C=O) groups excluding carboxylic acids is 1. The van der Waals surface area contributed by atoms with E-state index in [9.17, 15) is 9.90 Å². The standard InChI is InChI=1S/C14H25NO3/c1-2-13(16)18-14(17)8-6-12(7-9-14)15-10-4-3-5-11-15/h12,17H,2-11H2,1H3. The Morgan fingerprint density at radius 1 is 1.28 bits per heavy atom. The van der Waals surface area contributed by atoms with E-state index in [-0.39, 0.29) is 5.97 Å². The Hall–Kier alpha value is -0.610. The molecule has 0 aromatic rings. The first kappa shape index (κ1) is 13.8. The summed E-state index contributed by atoms with van der Waals surface area (Å²) in [6.07, 6.45) is 7.32. The van der Waals surface area contributed by atoms with Crippen LogP contribution >= 0.6 is 0 Å². The van der Waals surface area contributed by atoms with Gasteiger partial charge in [0.15, 0.2) is 0 Å². The van der Waals surface area contributed by atoms with E-state index in [2.05, 4.69) is 4.90 Å². The maximum atomic E-state index is 11.3. The molecule has 0 radical (unpaired) electrons. The van der Waals surface area contributed by atoms with E-state index >= 15 is 0 Å². The van der Waals surface area contributed by atoms with Gasteiger partial charge in [0, 0.05) is 25.3 Å². The molecule has 1 saturated carbocycles. The van der Waals surface area contributed by atoms with Crippen LogP contribution in [0.3, 0.4) is 0 Å². The van der Waals surface area contributed by atoms with Crippen molar-refractivity contribution < 1.29 is 14.6 Å². The van der Waals surface area contributed by atoms with Crippen molar-refractivity contribution in [3.63, 3.8) is 0 Å². The van der Waals surface area contributed by atoms with Crippen molar-refractivity contribution in [2.75, 3.05) is 13.1 Å². The maximum Gasteiger partial charge on any atom is 0.308 e. The highest BCUT2D eigenvalue weighted by Crippen LogP contribution is 2.33. The second-order valence-electron chi connectivity index (χ2n) is 5.60. The van der Waals surface area contributed by atoms with Gasteiger partial charge in [-0.15, -0.1) is 0 Å². The van der Waals surface area contributed by atoms with Crippen LogP contribution in [0.5, 0.6) is 0 Å². The molecule has 0 spiro atoms. The predicted octanol–water partition coefficient (Wildman–Crippen LogP) is 2.06. The van der Waals surface area contributed by atoms with Crippen LogP contribution in [0, 0.1) is 0 Å². The molecular weight excluding hydrogens is 230 g/mol. The highest BCUT2D eigenvalue weighted by atomic mass is 16.7. The Bertz CT molecular complexity index is 279. The van der Waals surface area contributed by atoms with Crippen molar-refractivity contribution in [1.82, 2.24) is 4.90 Å². The molecule has 4 nitrogen and oxygen atoms in total. The molecule has 2 rings (SSSR count). The molecule has 0 atom stereocenters. The number of rotatable bonds is 3. The van der Waals surface area contributed by atoms with E-state index < -0.39 is 5.79 Å². The Balaban J connectivity index is 1.81. The Labute approximate surface area is 109 Å². The van der Waals surface area contributed by atoms with Gasteiger partial charge in [0.05, 0.1) is 0 Å². The van der Waals surface area contributed by atoms with Crippen LogP contribution in [-0.4, -0.2) is 40.9 Å². The van der Waals surface area contributed by atoms with Gasteiger partial charge in [-0.3, -0.25) is 4.79 Å². The van der Waals surface area contributed by atoms with Gasteiger partial charge in [0.25, 0.3) is 0 Å². The number of carbonyl (C=O) groups is 1. The van der Waals surface area contributed by atoms with Crippen molar-refractivity contribution in [1.29, 1.82) is 0 Å². The van der Waals surface area contributed by atoms with Crippen molar-refractivity contribution in [3.05, 3.63) is 0 Å². The molecule has 104 valence electrons. The third-order valence-electron chi connectivity index (χ3n) is 4.24. The van der Waals surface area contributed by atoms with Gasteiger partial charge in [-0.05, 0) is 38.8 Å². The summed E-state index contributed by atoms with van der Waals surface area (Å²) in [7, 11) is 0. The third-order valence-corrected chi connectivity index (χ3v) is 4.24. The fourth-order valence-corrected chi connectivity index (χ4v) is 3.09. The minimum Gasteiger partial charge on any atom is -0.433 e. The van der Waals surface area contributed by atoms with Crippen LogP contribution in [0.4, 0.5) is 0 Å². The second kappa shape index (κ2) is 6.02. The van der Waals surface area contributed by atoms with Gasteiger partial charge < -0.3 is 14.7 Å². The first-order valence-corrected chi connectivity index (χ1v) is 7.31. The van der Waals surface area contributed by atoms with Gasteiger partial charge in [-0.2, -0.15) is 0 Å². The molecule has 1 aliphatic carbocycles. The lowest BCUT2D eigenvalue weighted by Crippen LogP contribution is -2.47. The average Bonchev–Trinajstić information content (AvgIpc) is 2.40. The van der Waals surface area contributed by atoms with Crippen LogP contribution in [-0.2, 0) is 9.53 Å². The molecule has 1 aliphatic heterocycles. The van der Waals surface area contributed by atoms with E-state index in [4.69, 9.17) is 4.74 Å². The molecule has 1 heterocycles. The molecule has 18 heavy (non-hydrogen) atoms. The molecular formula is C14H25NO3. The molecule has 2 aliphatic rings. The summed E-state index contributed by atoms with van der Waals surface area (Å²) in [6, 6.07) is 0.575. The zero-order valence-corrected chi connectivity index (χ0v) is 11.4. The summed E-state index contributed by atoms with van der Waals surface area (Å²) < 4.78 is 5.16. The molecule has 0 amide bonds. The summed E-state index contributed by atoms with van der Waals surface area (Å²) in [5.74, 6) is -1.49. The number of esters is 1. The lowest BCUT2D eigenvalue weighted by molar-refractivity contribution is -0.223. The minimum absolute atomic E-state index is 0.297. The first-order valence-electron chi connectivity index (χ1n) is 7.31. The van der Waals surface area contributed by atoms with Gasteiger partial charge in [0.1, 0.15) is 0 Å². The fraction of sp³-hybridized carbons (Fsp3) is 0.929. The molecule has 1 saturated heterocycles. The van der Waals surface area contributed by atoms with Crippen molar-refractivity contribution >= 4 is 5.97 Å². The zero-order chi connectivity index (χ0) is 13.0. The topological polar surface area (TPSA) is 49.8 Å². The second-order valence-corrected chi connectivity index (χ2v) is 5.60. The summed E-state index contributed by atoms with van der Waals surface area (Å²) in [6.45, 7) is 4.14. The van der Waals surface area contributed by atoms with Gasteiger partial charge in [-0.1, -0.05) is 13.3 Å².